The molecule has 0 saturated heterocycles. The van der Waals surface area contributed by atoms with Gasteiger partial charge in [0.2, 0.25) is 0 Å². The third-order valence-electron chi connectivity index (χ3n) is 7.41. The Morgan fingerprint density at radius 1 is 0.675 bits per heavy atom. The third kappa shape index (κ3) is 12.6. The summed E-state index contributed by atoms with van der Waals surface area (Å²) in [5, 5.41) is 9.96. The number of unbranched alkanes of at least 4 members (excludes halogenated alkanes) is 9. The summed E-state index contributed by atoms with van der Waals surface area (Å²) in [6.07, 6.45) is 12.7. The van der Waals surface area contributed by atoms with Crippen molar-refractivity contribution in [2.75, 3.05) is 19.8 Å². The lowest BCUT2D eigenvalue weighted by Crippen LogP contribution is -2.27. The van der Waals surface area contributed by atoms with Gasteiger partial charge >= 0.3 is 0 Å². The minimum absolute atomic E-state index is 0.0575. The van der Waals surface area contributed by atoms with Gasteiger partial charge in [0.15, 0.2) is 0 Å². The molecule has 2 aromatic carbocycles. The van der Waals surface area contributed by atoms with Gasteiger partial charge in [0.25, 0.3) is 0 Å². The van der Waals surface area contributed by atoms with Gasteiger partial charge < -0.3 is 19.3 Å². The number of ether oxygens (including phenoxy) is 3. The molecule has 0 saturated carbocycles. The van der Waals surface area contributed by atoms with E-state index in [1.165, 1.54) is 63.4 Å². The number of benzene rings is 2. The fourth-order valence-electron chi connectivity index (χ4n) is 4.87. The minimum atomic E-state index is -0.411. The summed E-state index contributed by atoms with van der Waals surface area (Å²) in [7, 11) is 0. The maximum Gasteiger partial charge on any atom is 0.126 e. The molecule has 0 bridgehead atoms. The van der Waals surface area contributed by atoms with Gasteiger partial charge in [0.1, 0.15) is 24.2 Å². The van der Waals surface area contributed by atoms with Crippen molar-refractivity contribution in [3.8, 4) is 11.5 Å². The van der Waals surface area contributed by atoms with Crippen LogP contribution < -0.4 is 9.47 Å². The Labute approximate surface area is 245 Å². The summed E-state index contributed by atoms with van der Waals surface area (Å²) >= 11 is 0. The van der Waals surface area contributed by atoms with Crippen LogP contribution in [0.5, 0.6) is 11.5 Å². The molecule has 0 aromatic heterocycles. The molecule has 4 heteroatoms. The summed E-state index contributed by atoms with van der Waals surface area (Å²) in [5.74, 6) is 1.71. The first-order valence-corrected chi connectivity index (χ1v) is 15.8. The minimum Gasteiger partial charge on any atom is -0.493 e. The molecule has 2 aromatic rings. The number of aliphatic hydroxyl groups is 1. The zero-order chi connectivity index (χ0) is 29.4. The molecule has 0 aliphatic rings. The van der Waals surface area contributed by atoms with Crippen LogP contribution >= 0.6 is 0 Å². The van der Waals surface area contributed by atoms with Crippen molar-refractivity contribution in [3.63, 3.8) is 0 Å². The maximum atomic E-state index is 9.96. The van der Waals surface area contributed by atoms with Gasteiger partial charge in [-0.25, -0.2) is 0 Å². The molecule has 0 spiro atoms. The molecular formula is C36H58O4. The Balaban J connectivity index is 2.01. The fourth-order valence-corrected chi connectivity index (χ4v) is 4.87. The van der Waals surface area contributed by atoms with Crippen LogP contribution in [0.4, 0.5) is 0 Å². The van der Waals surface area contributed by atoms with Crippen LogP contribution in [0, 0.1) is 0 Å². The van der Waals surface area contributed by atoms with Crippen molar-refractivity contribution < 1.29 is 19.3 Å². The molecule has 0 aliphatic heterocycles. The van der Waals surface area contributed by atoms with E-state index in [0.29, 0.717) is 13.2 Å². The zero-order valence-corrected chi connectivity index (χ0v) is 26.7. The molecular weight excluding hydrogens is 496 g/mol. The van der Waals surface area contributed by atoms with Gasteiger partial charge in [-0.05, 0) is 28.9 Å². The predicted molar refractivity (Wildman–Crippen MR) is 169 cm³/mol. The SMILES string of the molecule is CCCCCCCCCCCCOc1cc(OCC(CO)OCc2ccccc2)c(C(C)(C)C)cc1C(C)(C)C. The summed E-state index contributed by atoms with van der Waals surface area (Å²) in [4.78, 5) is 0. The van der Waals surface area contributed by atoms with E-state index >= 15 is 0 Å². The van der Waals surface area contributed by atoms with Crippen LogP contribution in [0.15, 0.2) is 42.5 Å². The second kappa shape index (κ2) is 17.7. The summed E-state index contributed by atoms with van der Waals surface area (Å²) in [6, 6.07) is 14.4. The van der Waals surface area contributed by atoms with Crippen molar-refractivity contribution >= 4 is 0 Å². The first-order valence-electron chi connectivity index (χ1n) is 15.8. The smallest absolute Gasteiger partial charge is 0.126 e. The zero-order valence-electron chi connectivity index (χ0n) is 26.7. The number of aliphatic hydroxyl groups excluding tert-OH is 1. The van der Waals surface area contributed by atoms with Crippen molar-refractivity contribution in [1.29, 1.82) is 0 Å². The van der Waals surface area contributed by atoms with Crippen molar-refractivity contribution in [2.24, 2.45) is 0 Å². The maximum absolute atomic E-state index is 9.96. The third-order valence-corrected chi connectivity index (χ3v) is 7.41. The average Bonchev–Trinajstić information content (AvgIpc) is 2.91. The van der Waals surface area contributed by atoms with Crippen molar-refractivity contribution in [1.82, 2.24) is 0 Å². The van der Waals surface area contributed by atoms with Crippen LogP contribution in [-0.2, 0) is 22.2 Å². The average molecular weight is 555 g/mol. The Kier molecular flexibility index (Phi) is 15.1. The van der Waals surface area contributed by atoms with Crippen LogP contribution in [0.3, 0.4) is 0 Å². The van der Waals surface area contributed by atoms with Gasteiger partial charge in [-0.2, -0.15) is 0 Å². The molecule has 40 heavy (non-hydrogen) atoms. The molecule has 226 valence electrons. The quantitative estimate of drug-likeness (QED) is 0.176. The van der Waals surface area contributed by atoms with E-state index < -0.39 is 6.10 Å². The number of hydrogen-bond acceptors (Lipinski definition) is 4. The van der Waals surface area contributed by atoms with Gasteiger partial charge in [-0.3, -0.25) is 0 Å². The van der Waals surface area contributed by atoms with E-state index in [1.807, 2.05) is 30.3 Å². The van der Waals surface area contributed by atoms with Gasteiger partial charge in [0.05, 0.1) is 19.8 Å². The van der Waals surface area contributed by atoms with Crippen LogP contribution in [0.2, 0.25) is 0 Å². The van der Waals surface area contributed by atoms with Gasteiger partial charge in [-0.1, -0.05) is 137 Å². The molecule has 0 amide bonds. The molecule has 1 unspecified atom stereocenters. The lowest BCUT2D eigenvalue weighted by molar-refractivity contribution is -0.0230. The second-order valence-corrected chi connectivity index (χ2v) is 13.3. The molecule has 1 N–H and O–H groups in total. The molecule has 0 fully saturated rings. The van der Waals surface area contributed by atoms with Gasteiger partial charge in [0, 0.05) is 17.2 Å². The predicted octanol–water partition coefficient (Wildman–Crippen LogP) is 9.54. The highest BCUT2D eigenvalue weighted by Gasteiger charge is 2.27. The van der Waals surface area contributed by atoms with Crippen LogP contribution in [0.1, 0.15) is 129 Å². The summed E-state index contributed by atoms with van der Waals surface area (Å²) < 4.78 is 18.7. The van der Waals surface area contributed by atoms with E-state index in [4.69, 9.17) is 14.2 Å². The lowest BCUT2D eigenvalue weighted by Gasteiger charge is -2.30. The second-order valence-electron chi connectivity index (χ2n) is 13.3. The van der Waals surface area contributed by atoms with E-state index in [2.05, 4.69) is 60.6 Å². The van der Waals surface area contributed by atoms with E-state index in [-0.39, 0.29) is 24.0 Å². The summed E-state index contributed by atoms with van der Waals surface area (Å²) in [6.45, 7) is 17.0. The fraction of sp³-hybridized carbons (Fsp3) is 0.667. The highest BCUT2D eigenvalue weighted by Crippen LogP contribution is 2.41. The summed E-state index contributed by atoms with van der Waals surface area (Å²) in [5.41, 5.74) is 3.26. The van der Waals surface area contributed by atoms with Gasteiger partial charge in [-0.15, -0.1) is 0 Å². The standard InChI is InChI=1S/C36H58O4/c1-8-9-10-11-12-13-14-15-16-20-23-38-33-25-34(32(36(5,6)7)24-31(33)35(2,3)4)40-28-30(26-37)39-27-29-21-18-17-19-22-29/h17-19,21-22,24-25,30,37H,8-16,20,23,26-28H2,1-7H3. The molecule has 4 nitrogen and oxygen atoms in total. The van der Waals surface area contributed by atoms with E-state index in [9.17, 15) is 5.11 Å². The normalized spacial score (nSPS) is 12.9. The molecule has 2 rings (SSSR count). The Hall–Kier alpha value is -2.04. The van der Waals surface area contributed by atoms with Crippen LogP contribution in [-0.4, -0.2) is 31.0 Å². The Morgan fingerprint density at radius 3 is 1.73 bits per heavy atom. The number of rotatable bonds is 19. The van der Waals surface area contributed by atoms with Crippen molar-refractivity contribution in [2.45, 2.75) is 136 Å². The largest absolute Gasteiger partial charge is 0.493 e. The molecule has 0 heterocycles. The molecule has 0 aliphatic carbocycles. The lowest BCUT2D eigenvalue weighted by atomic mass is 9.79. The first kappa shape index (κ1) is 34.2. The van der Waals surface area contributed by atoms with Crippen molar-refractivity contribution in [3.05, 3.63) is 59.2 Å². The molecule has 0 radical (unpaired) electrons. The topological polar surface area (TPSA) is 47.9 Å². The monoisotopic (exact) mass is 554 g/mol. The Bertz CT molecular complexity index is 940. The highest BCUT2D eigenvalue weighted by atomic mass is 16.5. The molecule has 1 atom stereocenters. The highest BCUT2D eigenvalue weighted by molar-refractivity contribution is 5.51. The van der Waals surface area contributed by atoms with Crippen LogP contribution in [0.25, 0.3) is 0 Å². The first-order chi connectivity index (χ1) is 19.1. The Morgan fingerprint density at radius 2 is 1.20 bits per heavy atom. The van der Waals surface area contributed by atoms with E-state index in [0.717, 1.165) is 29.0 Å². The van der Waals surface area contributed by atoms with E-state index in [1.54, 1.807) is 0 Å². The number of hydrogen-bond donors (Lipinski definition) is 1.